The molecule has 0 radical (unpaired) electrons. The van der Waals surface area contributed by atoms with Gasteiger partial charge >= 0.3 is 6.09 Å². The highest BCUT2D eigenvalue weighted by molar-refractivity contribution is 5.92. The summed E-state index contributed by atoms with van der Waals surface area (Å²) in [7, 11) is 0. The van der Waals surface area contributed by atoms with E-state index >= 15 is 0 Å². The molecular weight excluding hydrogens is 494 g/mol. The molecule has 0 spiro atoms. The van der Waals surface area contributed by atoms with E-state index in [1.165, 1.54) is 12.1 Å². The molecule has 3 amide bonds. The van der Waals surface area contributed by atoms with Gasteiger partial charge in [0.25, 0.3) is 0 Å². The first-order chi connectivity index (χ1) is 18.4. The Morgan fingerprint density at radius 3 is 2.13 bits per heavy atom. The normalized spacial score (nSPS) is 12.8. The van der Waals surface area contributed by atoms with E-state index in [1.54, 1.807) is 37.8 Å². The van der Waals surface area contributed by atoms with Gasteiger partial charge in [-0.25, -0.2) is 4.79 Å². The van der Waals surface area contributed by atoms with Crippen LogP contribution in [0, 0.1) is 6.92 Å². The van der Waals surface area contributed by atoms with Crippen LogP contribution < -0.4 is 10.6 Å². The maximum atomic E-state index is 14.3. The lowest BCUT2D eigenvalue weighted by Crippen LogP contribution is -2.54. The number of nitrogens with zero attached hydrogens (tertiary/aromatic N) is 1. The molecule has 2 rings (SSSR count). The van der Waals surface area contributed by atoms with Crippen LogP contribution in [0.4, 0.5) is 4.79 Å². The summed E-state index contributed by atoms with van der Waals surface area (Å²) in [5.74, 6) is -0.523. The van der Waals surface area contributed by atoms with Gasteiger partial charge < -0.3 is 25.4 Å². The second-order valence-corrected chi connectivity index (χ2v) is 10.9. The number of aryl methyl sites for hydroxylation is 1. The van der Waals surface area contributed by atoms with Gasteiger partial charge in [0.1, 0.15) is 23.4 Å². The predicted molar refractivity (Wildman–Crippen MR) is 153 cm³/mol. The monoisotopic (exact) mass is 539 g/mol. The minimum atomic E-state index is -0.988. The number of hydrogen-bond acceptors (Lipinski definition) is 5. The van der Waals surface area contributed by atoms with Gasteiger partial charge in [0, 0.05) is 19.5 Å². The van der Waals surface area contributed by atoms with Crippen LogP contribution >= 0.6 is 0 Å². The number of rotatable bonds is 13. The molecule has 0 aliphatic heterocycles. The number of ether oxygens (including phenoxy) is 1. The molecule has 0 heterocycles. The zero-order valence-corrected chi connectivity index (χ0v) is 24.3. The molecule has 3 N–H and O–H groups in total. The maximum absolute atomic E-state index is 14.3. The van der Waals surface area contributed by atoms with E-state index in [4.69, 9.17) is 4.74 Å². The minimum absolute atomic E-state index is 0.106. The molecule has 0 saturated carbocycles. The number of nitrogens with one attached hydrogen (secondary N) is 2. The van der Waals surface area contributed by atoms with Crippen molar-refractivity contribution < 1.29 is 24.2 Å². The van der Waals surface area contributed by atoms with Crippen LogP contribution in [-0.4, -0.2) is 52.6 Å². The third-order valence-corrected chi connectivity index (χ3v) is 6.18. The molecule has 0 fully saturated rings. The van der Waals surface area contributed by atoms with Gasteiger partial charge in [0.2, 0.25) is 11.8 Å². The van der Waals surface area contributed by atoms with Crippen LogP contribution in [0.25, 0.3) is 0 Å². The molecule has 39 heavy (non-hydrogen) atoms. The first-order valence-corrected chi connectivity index (χ1v) is 13.9. The molecule has 0 saturated heterocycles. The van der Waals surface area contributed by atoms with Crippen molar-refractivity contribution in [1.29, 1.82) is 0 Å². The Balaban J connectivity index is 2.50. The highest BCUT2D eigenvalue weighted by atomic mass is 16.6. The Morgan fingerprint density at radius 1 is 0.949 bits per heavy atom. The molecule has 2 aromatic carbocycles. The van der Waals surface area contributed by atoms with Crippen LogP contribution in [0.3, 0.4) is 0 Å². The van der Waals surface area contributed by atoms with Crippen molar-refractivity contribution >= 4 is 17.9 Å². The lowest BCUT2D eigenvalue weighted by molar-refractivity contribution is -0.142. The van der Waals surface area contributed by atoms with Crippen molar-refractivity contribution in [3.05, 3.63) is 65.2 Å². The summed E-state index contributed by atoms with van der Waals surface area (Å²) < 4.78 is 5.47. The summed E-state index contributed by atoms with van der Waals surface area (Å²) >= 11 is 0. The number of unbranched alkanes of at least 4 members (excludes halogenated alkanes) is 2. The zero-order valence-electron chi connectivity index (χ0n) is 24.3. The third kappa shape index (κ3) is 10.6. The van der Waals surface area contributed by atoms with Gasteiger partial charge in [-0.05, 0) is 63.8 Å². The second kappa shape index (κ2) is 15.1. The van der Waals surface area contributed by atoms with Gasteiger partial charge in [-0.15, -0.1) is 0 Å². The van der Waals surface area contributed by atoms with Crippen LogP contribution in [0.1, 0.15) is 83.0 Å². The molecule has 2 atom stereocenters. The largest absolute Gasteiger partial charge is 0.508 e. The smallest absolute Gasteiger partial charge is 0.408 e. The number of benzene rings is 2. The highest BCUT2D eigenvalue weighted by Gasteiger charge is 2.36. The molecule has 8 heteroatoms. The van der Waals surface area contributed by atoms with Gasteiger partial charge in [-0.3, -0.25) is 9.59 Å². The molecule has 2 unspecified atom stereocenters. The van der Waals surface area contributed by atoms with Crippen LogP contribution in [0.2, 0.25) is 0 Å². The number of phenolic OH excluding ortho intramolecular Hbond substituents is 1. The second-order valence-electron chi connectivity index (χ2n) is 10.9. The quantitative estimate of drug-likeness (QED) is 0.295. The van der Waals surface area contributed by atoms with Gasteiger partial charge in [-0.2, -0.15) is 0 Å². The highest BCUT2D eigenvalue weighted by Crippen LogP contribution is 2.25. The van der Waals surface area contributed by atoms with E-state index in [1.807, 2.05) is 38.1 Å². The summed E-state index contributed by atoms with van der Waals surface area (Å²) in [4.78, 5) is 42.3. The van der Waals surface area contributed by atoms with Crippen molar-refractivity contribution in [1.82, 2.24) is 15.5 Å². The Bertz CT molecular complexity index is 1060. The number of alkyl carbamates (subject to hydrolysis) is 1. The first kappa shape index (κ1) is 31.7. The summed E-state index contributed by atoms with van der Waals surface area (Å²) in [6, 6.07) is 12.2. The summed E-state index contributed by atoms with van der Waals surface area (Å²) in [6.07, 6.45) is 2.73. The average molecular weight is 540 g/mol. The predicted octanol–water partition coefficient (Wildman–Crippen LogP) is 5.42. The number of carbonyl (C=O) groups excluding carboxylic acids is 3. The lowest BCUT2D eigenvalue weighted by Gasteiger charge is -2.34. The topological polar surface area (TPSA) is 108 Å². The van der Waals surface area contributed by atoms with E-state index in [0.717, 1.165) is 30.4 Å². The molecular formula is C31H45N3O5. The van der Waals surface area contributed by atoms with E-state index in [-0.39, 0.29) is 24.0 Å². The molecule has 0 aliphatic rings. The van der Waals surface area contributed by atoms with Crippen LogP contribution in [-0.2, 0) is 20.7 Å². The first-order valence-electron chi connectivity index (χ1n) is 13.9. The molecule has 214 valence electrons. The molecule has 8 nitrogen and oxygen atoms in total. The third-order valence-electron chi connectivity index (χ3n) is 6.18. The number of carbonyl (C=O) groups is 3. The zero-order chi connectivity index (χ0) is 29.0. The summed E-state index contributed by atoms with van der Waals surface area (Å²) in [6.45, 7) is 12.2. The van der Waals surface area contributed by atoms with E-state index < -0.39 is 23.8 Å². The van der Waals surface area contributed by atoms with Crippen molar-refractivity contribution in [3.8, 4) is 5.75 Å². The Morgan fingerprint density at radius 2 is 1.56 bits per heavy atom. The molecule has 0 aromatic heterocycles. The number of aromatic hydroxyl groups is 1. The maximum Gasteiger partial charge on any atom is 0.408 e. The Hall–Kier alpha value is -3.55. The minimum Gasteiger partial charge on any atom is -0.508 e. The van der Waals surface area contributed by atoms with Crippen molar-refractivity contribution in [2.45, 2.75) is 91.3 Å². The molecule has 0 aliphatic carbocycles. The summed E-state index contributed by atoms with van der Waals surface area (Å²) in [5.41, 5.74) is 1.76. The van der Waals surface area contributed by atoms with Gasteiger partial charge in [0.05, 0.1) is 0 Å². The molecule has 0 bridgehead atoms. The lowest BCUT2D eigenvalue weighted by atomic mass is 9.99. The fraction of sp³-hybridized carbons (Fsp3) is 0.516. The number of amides is 3. The summed E-state index contributed by atoms with van der Waals surface area (Å²) in [5, 5.41) is 15.5. The van der Waals surface area contributed by atoms with Crippen LogP contribution in [0.5, 0.6) is 5.75 Å². The van der Waals surface area contributed by atoms with Gasteiger partial charge in [-0.1, -0.05) is 68.7 Å². The van der Waals surface area contributed by atoms with E-state index in [9.17, 15) is 19.5 Å². The van der Waals surface area contributed by atoms with Crippen molar-refractivity contribution in [3.63, 3.8) is 0 Å². The fourth-order valence-corrected chi connectivity index (χ4v) is 4.12. The van der Waals surface area contributed by atoms with Gasteiger partial charge in [0.15, 0.2) is 0 Å². The van der Waals surface area contributed by atoms with Crippen molar-refractivity contribution in [2.24, 2.45) is 0 Å². The van der Waals surface area contributed by atoms with Crippen molar-refractivity contribution in [2.75, 3.05) is 13.1 Å². The standard InChI is InChI=1S/C31H45N3O5/c1-7-9-19-32-28(36)27(24-15-11-22(3)12-16-24)34(20-10-8-2)29(37)26(33-30(38)39-31(4,5)6)21-23-13-17-25(35)18-14-23/h11-18,26-27,35H,7-10,19-21H2,1-6H3,(H,32,36)(H,33,38). The fourth-order valence-electron chi connectivity index (χ4n) is 4.12. The number of phenols is 1. The average Bonchev–Trinajstić information content (AvgIpc) is 2.87. The van der Waals surface area contributed by atoms with E-state index in [0.29, 0.717) is 25.1 Å². The van der Waals surface area contributed by atoms with Crippen LogP contribution in [0.15, 0.2) is 48.5 Å². The number of hydrogen-bond donors (Lipinski definition) is 3. The molecule has 2 aromatic rings. The SMILES string of the molecule is CCCCNC(=O)C(c1ccc(C)cc1)N(CCCC)C(=O)C(Cc1ccc(O)cc1)NC(=O)OC(C)(C)C. The van der Waals surface area contributed by atoms with E-state index in [2.05, 4.69) is 17.6 Å². The Labute approximate surface area is 233 Å². The Kier molecular flexibility index (Phi) is 12.3.